The van der Waals surface area contributed by atoms with Gasteiger partial charge in [0.05, 0.1) is 25.2 Å². The highest BCUT2D eigenvalue weighted by Crippen LogP contribution is 2.31. The molecule has 1 fully saturated rings. The molecule has 3 rings (SSSR count). The number of ether oxygens (including phenoxy) is 3. The molecule has 1 heterocycles. The molecule has 2 aromatic carbocycles. The lowest BCUT2D eigenvalue weighted by Gasteiger charge is -2.13. The molecule has 1 N–H and O–H groups in total. The number of carbonyl (C=O) groups is 1. The zero-order valence-corrected chi connectivity index (χ0v) is 18.2. The van der Waals surface area contributed by atoms with Gasteiger partial charge >= 0.3 is 0 Å². The van der Waals surface area contributed by atoms with Crippen LogP contribution in [0, 0.1) is 13.8 Å². The van der Waals surface area contributed by atoms with Crippen molar-refractivity contribution in [3.63, 3.8) is 0 Å². The van der Waals surface area contributed by atoms with Crippen LogP contribution in [0.1, 0.15) is 23.1 Å². The summed E-state index contributed by atoms with van der Waals surface area (Å²) < 4.78 is 17.6. The highest BCUT2D eigenvalue weighted by molar-refractivity contribution is 8.26. The van der Waals surface area contributed by atoms with Gasteiger partial charge in [0.25, 0.3) is 5.91 Å². The predicted molar refractivity (Wildman–Crippen MR) is 121 cm³/mol. The number of amides is 1. The van der Waals surface area contributed by atoms with E-state index in [4.69, 9.17) is 26.4 Å². The minimum atomic E-state index is -0.178. The van der Waals surface area contributed by atoms with Crippen molar-refractivity contribution in [2.24, 2.45) is 0 Å². The highest BCUT2D eigenvalue weighted by Gasteiger charge is 2.22. The minimum Gasteiger partial charge on any atom is -0.493 e. The molecule has 0 unspecified atom stereocenters. The number of nitrogens with one attached hydrogen (secondary N) is 1. The first-order valence-corrected chi connectivity index (χ1v) is 10.4. The molecule has 0 bridgehead atoms. The molecule has 0 aromatic heterocycles. The maximum atomic E-state index is 11.8. The van der Waals surface area contributed by atoms with E-state index in [0.717, 1.165) is 23.3 Å². The normalized spacial score (nSPS) is 14.8. The lowest BCUT2D eigenvalue weighted by molar-refractivity contribution is -0.115. The molecule has 0 spiro atoms. The smallest absolute Gasteiger partial charge is 0.263 e. The van der Waals surface area contributed by atoms with E-state index in [1.165, 1.54) is 17.3 Å². The molecule has 1 aliphatic heterocycles. The number of thiocarbonyl (C=S) groups is 1. The van der Waals surface area contributed by atoms with Crippen molar-refractivity contribution in [1.29, 1.82) is 0 Å². The van der Waals surface area contributed by atoms with Crippen LogP contribution in [-0.4, -0.2) is 30.6 Å². The van der Waals surface area contributed by atoms with Crippen molar-refractivity contribution >= 4 is 40.3 Å². The van der Waals surface area contributed by atoms with Gasteiger partial charge in [0, 0.05) is 6.42 Å². The minimum absolute atomic E-state index is 0.178. The molecule has 1 saturated heterocycles. The summed E-state index contributed by atoms with van der Waals surface area (Å²) in [5, 5.41) is 2.60. The number of carbonyl (C=O) groups excluding carboxylic acids is 1. The first-order chi connectivity index (χ1) is 14.0. The third-order valence-corrected chi connectivity index (χ3v) is 5.65. The van der Waals surface area contributed by atoms with Crippen molar-refractivity contribution < 1.29 is 19.0 Å². The molecule has 0 atom stereocenters. The summed E-state index contributed by atoms with van der Waals surface area (Å²) in [7, 11) is 1.59. The number of thioether (sulfide) groups is 1. The van der Waals surface area contributed by atoms with Crippen LogP contribution in [0.4, 0.5) is 0 Å². The van der Waals surface area contributed by atoms with Crippen LogP contribution in [0.25, 0.3) is 6.08 Å². The molecule has 7 heteroatoms. The van der Waals surface area contributed by atoms with E-state index in [1.54, 1.807) is 13.2 Å². The van der Waals surface area contributed by atoms with Crippen LogP contribution in [0.3, 0.4) is 0 Å². The highest BCUT2D eigenvalue weighted by atomic mass is 32.2. The molecule has 0 radical (unpaired) electrons. The number of methoxy groups -OCH3 is 1. The summed E-state index contributed by atoms with van der Waals surface area (Å²) >= 11 is 6.26. The van der Waals surface area contributed by atoms with Gasteiger partial charge in [-0.3, -0.25) is 4.79 Å². The van der Waals surface area contributed by atoms with E-state index >= 15 is 0 Å². The Bertz CT molecular complexity index is 956. The van der Waals surface area contributed by atoms with E-state index in [9.17, 15) is 4.79 Å². The van der Waals surface area contributed by atoms with Crippen molar-refractivity contribution in [2.75, 3.05) is 20.3 Å². The molecule has 0 aliphatic carbocycles. The predicted octanol–water partition coefficient (Wildman–Crippen LogP) is 4.65. The number of benzene rings is 2. The van der Waals surface area contributed by atoms with Crippen LogP contribution in [0.5, 0.6) is 17.2 Å². The molecule has 1 aliphatic rings. The van der Waals surface area contributed by atoms with Gasteiger partial charge in [-0.1, -0.05) is 42.2 Å². The number of hydrogen-bond donors (Lipinski definition) is 1. The summed E-state index contributed by atoms with van der Waals surface area (Å²) in [6.07, 6.45) is 2.53. The van der Waals surface area contributed by atoms with E-state index in [1.807, 2.05) is 30.3 Å². The van der Waals surface area contributed by atoms with Gasteiger partial charge in [-0.05, 0) is 54.8 Å². The average Bonchev–Trinajstić information content (AvgIpc) is 3.02. The molecule has 1 amide bonds. The summed E-state index contributed by atoms with van der Waals surface area (Å²) in [5.74, 6) is 2.00. The average molecular weight is 430 g/mol. The lowest BCUT2D eigenvalue weighted by Crippen LogP contribution is -2.17. The topological polar surface area (TPSA) is 56.8 Å². The molecule has 2 aromatic rings. The molecule has 29 heavy (non-hydrogen) atoms. The van der Waals surface area contributed by atoms with Crippen LogP contribution < -0.4 is 19.5 Å². The fourth-order valence-corrected chi connectivity index (χ4v) is 3.81. The van der Waals surface area contributed by atoms with E-state index in [0.29, 0.717) is 33.9 Å². The Morgan fingerprint density at radius 1 is 1.07 bits per heavy atom. The second-order valence-electron chi connectivity index (χ2n) is 6.51. The Morgan fingerprint density at radius 2 is 1.83 bits per heavy atom. The number of hydrogen-bond acceptors (Lipinski definition) is 6. The van der Waals surface area contributed by atoms with E-state index in [2.05, 4.69) is 25.2 Å². The monoisotopic (exact) mass is 429 g/mol. The van der Waals surface area contributed by atoms with Gasteiger partial charge in [-0.15, -0.1) is 0 Å². The van der Waals surface area contributed by atoms with Crippen LogP contribution in [-0.2, 0) is 4.79 Å². The fourth-order valence-electron chi connectivity index (χ4n) is 2.77. The molecular weight excluding hydrogens is 406 g/mol. The van der Waals surface area contributed by atoms with Crippen LogP contribution >= 0.6 is 24.0 Å². The van der Waals surface area contributed by atoms with Crippen molar-refractivity contribution in [3.05, 3.63) is 58.0 Å². The zero-order chi connectivity index (χ0) is 20.8. The quantitative estimate of drug-likeness (QED) is 0.375. The number of rotatable bonds is 8. The van der Waals surface area contributed by atoms with Gasteiger partial charge in [-0.25, -0.2) is 0 Å². The Hall–Kier alpha value is -2.51. The molecular formula is C22H23NO4S2. The Kier molecular flexibility index (Phi) is 7.17. The van der Waals surface area contributed by atoms with Gasteiger partial charge < -0.3 is 19.5 Å². The van der Waals surface area contributed by atoms with Crippen molar-refractivity contribution in [2.45, 2.75) is 20.3 Å². The first-order valence-electron chi connectivity index (χ1n) is 9.22. The Labute approximate surface area is 180 Å². The summed E-state index contributed by atoms with van der Waals surface area (Å²) in [6, 6.07) is 11.6. The summed E-state index contributed by atoms with van der Waals surface area (Å²) in [5.41, 5.74) is 3.22. The van der Waals surface area contributed by atoms with E-state index in [-0.39, 0.29) is 5.91 Å². The lowest BCUT2D eigenvalue weighted by atomic mass is 10.1. The second-order valence-corrected chi connectivity index (χ2v) is 8.23. The summed E-state index contributed by atoms with van der Waals surface area (Å²) in [4.78, 5) is 12.4. The van der Waals surface area contributed by atoms with E-state index < -0.39 is 0 Å². The van der Waals surface area contributed by atoms with Gasteiger partial charge in [0.15, 0.2) is 11.5 Å². The molecule has 5 nitrogen and oxygen atoms in total. The number of aryl methyl sites for hydroxylation is 1. The maximum Gasteiger partial charge on any atom is 0.263 e. The fraction of sp³-hybridized carbons (Fsp3) is 0.273. The summed E-state index contributed by atoms with van der Waals surface area (Å²) in [6.45, 7) is 5.21. The van der Waals surface area contributed by atoms with Crippen molar-refractivity contribution in [1.82, 2.24) is 5.32 Å². The van der Waals surface area contributed by atoms with Crippen molar-refractivity contribution in [3.8, 4) is 17.2 Å². The van der Waals surface area contributed by atoms with Gasteiger partial charge in [-0.2, -0.15) is 0 Å². The zero-order valence-electron chi connectivity index (χ0n) is 16.6. The largest absolute Gasteiger partial charge is 0.493 e. The Morgan fingerprint density at radius 3 is 2.52 bits per heavy atom. The third kappa shape index (κ3) is 5.52. The van der Waals surface area contributed by atoms with Gasteiger partial charge in [0.1, 0.15) is 10.1 Å². The third-order valence-electron chi connectivity index (χ3n) is 4.49. The standard InChI is InChI=1S/C22H23NO4S2/c1-14-6-4-7-17(15(14)2)26-10-5-11-27-18-9-8-16(12-19(18)25-3)13-20-21(24)23-22(28)29-20/h4,6-9,12-13H,5,10-11H2,1-3H3,(H,23,24,28). The Balaban J connectivity index is 1.54. The first kappa shape index (κ1) is 21.2. The molecule has 152 valence electrons. The second kappa shape index (κ2) is 9.80. The maximum absolute atomic E-state index is 11.8. The molecule has 0 saturated carbocycles. The van der Waals surface area contributed by atoms with Gasteiger partial charge in [0.2, 0.25) is 0 Å². The SMILES string of the molecule is COc1cc(C=C2SC(=S)NC2=O)ccc1OCCCOc1cccc(C)c1C. The van der Waals surface area contributed by atoms with Crippen LogP contribution in [0.15, 0.2) is 41.3 Å². The van der Waals surface area contributed by atoms with Crippen LogP contribution in [0.2, 0.25) is 0 Å².